The molecule has 2 amide bonds. The summed E-state index contributed by atoms with van der Waals surface area (Å²) in [5, 5.41) is 21.1. The molecule has 0 spiro atoms. The normalized spacial score (nSPS) is 13.9. The van der Waals surface area contributed by atoms with Gasteiger partial charge in [-0.25, -0.2) is 5.48 Å². The number of carbonyl (C=O) groups excluding carboxylic acids is 2. The highest BCUT2D eigenvalue weighted by molar-refractivity contribution is 6.40. The van der Waals surface area contributed by atoms with Crippen LogP contribution in [-0.4, -0.2) is 40.1 Å². The third-order valence-electron chi connectivity index (χ3n) is 4.43. The number of amides is 2. The Morgan fingerprint density at radius 2 is 1.72 bits per heavy atom. The van der Waals surface area contributed by atoms with Gasteiger partial charge in [0, 0.05) is 17.8 Å². The van der Waals surface area contributed by atoms with E-state index in [1.165, 1.54) is 17.6 Å². The van der Waals surface area contributed by atoms with Crippen molar-refractivity contribution in [1.82, 2.24) is 10.4 Å². The number of ether oxygens (including phenoxy) is 1. The molecule has 1 heterocycles. The van der Waals surface area contributed by atoms with Gasteiger partial charge in [-0.1, -0.05) is 23.2 Å². The molecule has 0 saturated carbocycles. The lowest BCUT2D eigenvalue weighted by Crippen LogP contribution is -2.33. The average Bonchev–Trinajstić information content (AvgIpc) is 3.19. The van der Waals surface area contributed by atoms with Gasteiger partial charge in [0.15, 0.2) is 5.75 Å². The Labute approximate surface area is 176 Å². The lowest BCUT2D eigenvalue weighted by molar-refractivity contribution is -0.141. The summed E-state index contributed by atoms with van der Waals surface area (Å²) >= 11 is 12.4. The van der Waals surface area contributed by atoms with Crippen LogP contribution < -0.4 is 15.5 Å². The fourth-order valence-corrected chi connectivity index (χ4v) is 3.58. The van der Waals surface area contributed by atoms with Gasteiger partial charge in [-0.15, -0.1) is 0 Å². The molecule has 0 unspecified atom stereocenters. The second kappa shape index (κ2) is 9.32. The summed E-state index contributed by atoms with van der Waals surface area (Å²) in [6.45, 7) is 2.59. The van der Waals surface area contributed by atoms with Gasteiger partial charge in [-0.05, 0) is 56.3 Å². The predicted molar refractivity (Wildman–Crippen MR) is 108 cm³/mol. The fraction of sp³-hybridized carbons (Fsp3) is 0.263. The van der Waals surface area contributed by atoms with E-state index in [2.05, 4.69) is 10.2 Å². The first-order valence-electron chi connectivity index (χ1n) is 8.84. The summed E-state index contributed by atoms with van der Waals surface area (Å²) in [4.78, 5) is 24.9. The maximum atomic E-state index is 11.5. The number of halogens is 2. The quantitative estimate of drug-likeness (QED) is 0.322. The van der Waals surface area contributed by atoms with E-state index in [4.69, 9.17) is 33.1 Å². The number of aromatic hydroxyl groups is 1. The molecular weight excluding hydrogens is 421 g/mol. The first-order valence-corrected chi connectivity index (χ1v) is 9.59. The molecule has 3 rings (SSSR count). The number of phenolic OH excluding ortho intramolecular Hbond substituents is 1. The minimum atomic E-state index is -1.23. The number of nitrogens with zero attached hydrogens (tertiary/aromatic N) is 1. The molecule has 0 bridgehead atoms. The molecule has 0 aliphatic carbocycles. The molecule has 0 atom stereocenters. The van der Waals surface area contributed by atoms with Crippen molar-refractivity contribution in [1.29, 1.82) is 0 Å². The van der Waals surface area contributed by atoms with E-state index in [1.54, 1.807) is 18.2 Å². The summed E-state index contributed by atoms with van der Waals surface area (Å²) < 4.78 is 5.80. The molecule has 154 valence electrons. The van der Waals surface area contributed by atoms with E-state index in [-0.39, 0.29) is 27.2 Å². The van der Waals surface area contributed by atoms with Crippen LogP contribution in [0.25, 0.3) is 0 Å². The fourth-order valence-electron chi connectivity index (χ4n) is 3.02. The Kier molecular flexibility index (Phi) is 6.81. The van der Waals surface area contributed by atoms with Crippen LogP contribution in [0.2, 0.25) is 10.0 Å². The number of hydrogen-bond donors (Lipinski definition) is 4. The Bertz CT molecular complexity index is 909. The van der Waals surface area contributed by atoms with Crippen LogP contribution in [0.3, 0.4) is 0 Å². The SMILES string of the molecule is O=C(NO)C(=O)Nc1cc(Cl)c(Oc2ccc(O)c(CN3CCCC3)c2)c(Cl)c1. The zero-order chi connectivity index (χ0) is 21.0. The number of hydrogen-bond acceptors (Lipinski definition) is 6. The molecule has 2 aromatic carbocycles. The molecule has 0 radical (unpaired) electrons. The standard InChI is InChI=1S/C19H19Cl2N3O5/c20-14-8-12(22-18(26)19(27)23-28)9-15(21)17(14)29-13-3-4-16(25)11(7-13)10-24-5-1-2-6-24/h3-4,7-9,25,28H,1-2,5-6,10H2,(H,22,26)(H,23,27). The average molecular weight is 440 g/mol. The lowest BCUT2D eigenvalue weighted by atomic mass is 10.1. The lowest BCUT2D eigenvalue weighted by Gasteiger charge is -2.17. The van der Waals surface area contributed by atoms with Crippen LogP contribution in [0.1, 0.15) is 18.4 Å². The maximum Gasteiger partial charge on any atom is 0.332 e. The number of anilines is 1. The van der Waals surface area contributed by atoms with Crippen molar-refractivity contribution in [3.63, 3.8) is 0 Å². The molecule has 1 aliphatic heterocycles. The second-order valence-corrected chi connectivity index (χ2v) is 7.35. The Morgan fingerprint density at radius 1 is 1.07 bits per heavy atom. The largest absolute Gasteiger partial charge is 0.508 e. The predicted octanol–water partition coefficient (Wildman–Crippen LogP) is 3.53. The highest BCUT2D eigenvalue weighted by atomic mass is 35.5. The zero-order valence-electron chi connectivity index (χ0n) is 15.2. The number of carbonyl (C=O) groups is 2. The number of rotatable bonds is 5. The third kappa shape index (κ3) is 5.30. The maximum absolute atomic E-state index is 11.5. The van der Waals surface area contributed by atoms with Crippen LogP contribution in [0.5, 0.6) is 17.2 Å². The minimum absolute atomic E-state index is 0.103. The summed E-state index contributed by atoms with van der Waals surface area (Å²) in [7, 11) is 0. The van der Waals surface area contributed by atoms with Crippen LogP contribution >= 0.6 is 23.2 Å². The third-order valence-corrected chi connectivity index (χ3v) is 4.99. The summed E-state index contributed by atoms with van der Waals surface area (Å²) in [5.41, 5.74) is 2.11. The molecule has 1 saturated heterocycles. The molecule has 1 aliphatic rings. The van der Waals surface area contributed by atoms with Gasteiger partial charge in [0.2, 0.25) is 0 Å². The molecule has 8 nitrogen and oxygen atoms in total. The highest BCUT2D eigenvalue weighted by Crippen LogP contribution is 2.39. The van der Waals surface area contributed by atoms with E-state index in [9.17, 15) is 14.7 Å². The van der Waals surface area contributed by atoms with Crippen LogP contribution in [-0.2, 0) is 16.1 Å². The minimum Gasteiger partial charge on any atom is -0.508 e. The van der Waals surface area contributed by atoms with E-state index in [0.29, 0.717) is 12.3 Å². The number of likely N-dealkylation sites (tertiary alicyclic amines) is 1. The van der Waals surface area contributed by atoms with Crippen LogP contribution in [0.4, 0.5) is 5.69 Å². The first kappa shape index (κ1) is 21.2. The van der Waals surface area contributed by atoms with E-state index >= 15 is 0 Å². The molecular formula is C19H19Cl2N3O5. The number of hydroxylamine groups is 1. The number of phenols is 1. The molecule has 29 heavy (non-hydrogen) atoms. The topological polar surface area (TPSA) is 111 Å². The molecule has 10 heteroatoms. The van der Waals surface area contributed by atoms with E-state index in [0.717, 1.165) is 31.5 Å². The Balaban J connectivity index is 1.77. The van der Waals surface area contributed by atoms with Gasteiger partial charge < -0.3 is 15.2 Å². The van der Waals surface area contributed by atoms with Gasteiger partial charge >= 0.3 is 11.8 Å². The molecule has 0 aromatic heterocycles. The van der Waals surface area contributed by atoms with Crippen molar-refractivity contribution in [2.24, 2.45) is 0 Å². The van der Waals surface area contributed by atoms with Gasteiger partial charge in [0.1, 0.15) is 11.5 Å². The smallest absolute Gasteiger partial charge is 0.332 e. The second-order valence-electron chi connectivity index (χ2n) is 6.54. The summed E-state index contributed by atoms with van der Waals surface area (Å²) in [6.07, 6.45) is 2.29. The summed E-state index contributed by atoms with van der Waals surface area (Å²) in [6, 6.07) is 7.58. The van der Waals surface area contributed by atoms with Crippen molar-refractivity contribution in [2.45, 2.75) is 19.4 Å². The van der Waals surface area contributed by atoms with Crippen molar-refractivity contribution >= 4 is 40.7 Å². The van der Waals surface area contributed by atoms with Gasteiger partial charge in [-0.3, -0.25) is 19.7 Å². The van der Waals surface area contributed by atoms with Gasteiger partial charge in [-0.2, -0.15) is 0 Å². The van der Waals surface area contributed by atoms with Crippen LogP contribution in [0.15, 0.2) is 30.3 Å². The van der Waals surface area contributed by atoms with Crippen molar-refractivity contribution < 1.29 is 24.6 Å². The highest BCUT2D eigenvalue weighted by Gasteiger charge is 2.18. The molecule has 2 aromatic rings. The van der Waals surface area contributed by atoms with Gasteiger partial charge in [0.05, 0.1) is 10.0 Å². The molecule has 4 N–H and O–H groups in total. The first-order chi connectivity index (χ1) is 13.9. The van der Waals surface area contributed by atoms with Crippen molar-refractivity contribution in [3.05, 3.63) is 45.9 Å². The number of nitrogens with one attached hydrogen (secondary N) is 2. The monoisotopic (exact) mass is 439 g/mol. The summed E-state index contributed by atoms with van der Waals surface area (Å²) in [5.74, 6) is -1.53. The van der Waals surface area contributed by atoms with Crippen molar-refractivity contribution in [2.75, 3.05) is 18.4 Å². The van der Waals surface area contributed by atoms with Gasteiger partial charge in [0.25, 0.3) is 0 Å². The van der Waals surface area contributed by atoms with Crippen LogP contribution in [0, 0.1) is 0 Å². The Morgan fingerprint density at radius 3 is 2.34 bits per heavy atom. The zero-order valence-corrected chi connectivity index (χ0v) is 16.8. The Hall–Kier alpha value is -2.52. The molecule has 1 fully saturated rings. The number of benzene rings is 2. The van der Waals surface area contributed by atoms with E-state index < -0.39 is 11.8 Å². The van der Waals surface area contributed by atoms with E-state index in [1.807, 2.05) is 0 Å². The van der Waals surface area contributed by atoms with Crippen molar-refractivity contribution in [3.8, 4) is 17.2 Å².